The SMILES string of the molecule is CCc1ccc(OCC(=O)NN=Cc2ccc(OCC(=O)O)cc2)cc1. The van der Waals surface area contributed by atoms with Crippen LogP contribution in [0.5, 0.6) is 11.5 Å². The summed E-state index contributed by atoms with van der Waals surface area (Å²) in [5.41, 5.74) is 4.30. The van der Waals surface area contributed by atoms with Crippen LogP contribution in [0.25, 0.3) is 0 Å². The van der Waals surface area contributed by atoms with Crippen molar-refractivity contribution in [3.63, 3.8) is 0 Å². The van der Waals surface area contributed by atoms with Crippen molar-refractivity contribution < 1.29 is 24.2 Å². The number of hydrogen-bond donors (Lipinski definition) is 2. The molecular formula is C19H20N2O5. The van der Waals surface area contributed by atoms with Crippen molar-refractivity contribution in [1.29, 1.82) is 0 Å². The van der Waals surface area contributed by atoms with Crippen LogP contribution in [-0.4, -0.2) is 36.4 Å². The fraction of sp³-hybridized carbons (Fsp3) is 0.211. The molecule has 0 atom stereocenters. The number of ether oxygens (including phenoxy) is 2. The van der Waals surface area contributed by atoms with E-state index in [1.165, 1.54) is 11.8 Å². The predicted octanol–water partition coefficient (Wildman–Crippen LogP) is 2.24. The third kappa shape index (κ3) is 6.64. The van der Waals surface area contributed by atoms with E-state index in [2.05, 4.69) is 17.5 Å². The number of carboxylic acids is 1. The Balaban J connectivity index is 1.74. The third-order valence-electron chi connectivity index (χ3n) is 3.35. The van der Waals surface area contributed by atoms with E-state index in [1.807, 2.05) is 24.3 Å². The standard InChI is InChI=1S/C19H20N2O5/c1-2-14-3-7-16(8-4-14)25-12-18(22)21-20-11-15-5-9-17(10-6-15)26-13-19(23)24/h3-11H,2,12-13H2,1H3,(H,21,22)(H,23,24). The zero-order valence-electron chi connectivity index (χ0n) is 14.3. The monoisotopic (exact) mass is 356 g/mol. The second-order valence-corrected chi connectivity index (χ2v) is 5.33. The Hall–Kier alpha value is -3.35. The summed E-state index contributed by atoms with van der Waals surface area (Å²) in [6.07, 6.45) is 2.41. The highest BCUT2D eigenvalue weighted by molar-refractivity contribution is 5.83. The average Bonchev–Trinajstić information content (AvgIpc) is 2.66. The van der Waals surface area contributed by atoms with Crippen LogP contribution < -0.4 is 14.9 Å². The number of nitrogens with one attached hydrogen (secondary N) is 1. The van der Waals surface area contributed by atoms with E-state index in [4.69, 9.17) is 14.6 Å². The Morgan fingerprint density at radius 3 is 2.15 bits per heavy atom. The fourth-order valence-corrected chi connectivity index (χ4v) is 1.98. The van der Waals surface area contributed by atoms with Crippen molar-refractivity contribution in [1.82, 2.24) is 5.43 Å². The van der Waals surface area contributed by atoms with Gasteiger partial charge in [-0.05, 0) is 53.9 Å². The van der Waals surface area contributed by atoms with Crippen LogP contribution in [0.2, 0.25) is 0 Å². The van der Waals surface area contributed by atoms with E-state index in [-0.39, 0.29) is 12.5 Å². The number of rotatable bonds is 9. The number of carboxylic acid groups (broad SMARTS) is 1. The number of aryl methyl sites for hydroxylation is 1. The molecule has 2 aromatic carbocycles. The highest BCUT2D eigenvalue weighted by Crippen LogP contribution is 2.12. The van der Waals surface area contributed by atoms with Gasteiger partial charge < -0.3 is 14.6 Å². The molecule has 136 valence electrons. The molecule has 2 aromatic rings. The van der Waals surface area contributed by atoms with Gasteiger partial charge in [0.2, 0.25) is 0 Å². The number of carbonyl (C=O) groups is 2. The summed E-state index contributed by atoms with van der Waals surface area (Å²) in [6.45, 7) is 1.54. The van der Waals surface area contributed by atoms with Crippen LogP contribution in [-0.2, 0) is 16.0 Å². The Kier molecular flexibility index (Phi) is 7.17. The maximum atomic E-state index is 11.7. The molecule has 0 saturated carbocycles. The van der Waals surface area contributed by atoms with Crippen LogP contribution in [0.3, 0.4) is 0 Å². The van der Waals surface area contributed by atoms with Gasteiger partial charge in [-0.25, -0.2) is 10.2 Å². The normalized spacial score (nSPS) is 10.5. The molecule has 7 nitrogen and oxygen atoms in total. The fourth-order valence-electron chi connectivity index (χ4n) is 1.98. The van der Waals surface area contributed by atoms with Gasteiger partial charge in [0.15, 0.2) is 13.2 Å². The van der Waals surface area contributed by atoms with E-state index in [0.29, 0.717) is 11.5 Å². The van der Waals surface area contributed by atoms with Gasteiger partial charge in [0.25, 0.3) is 5.91 Å². The predicted molar refractivity (Wildman–Crippen MR) is 96.6 cm³/mol. The smallest absolute Gasteiger partial charge is 0.341 e. The summed E-state index contributed by atoms with van der Waals surface area (Å²) in [5, 5.41) is 12.4. The maximum absolute atomic E-state index is 11.7. The molecule has 0 radical (unpaired) electrons. The van der Waals surface area contributed by atoms with Crippen molar-refractivity contribution in [2.75, 3.05) is 13.2 Å². The summed E-state index contributed by atoms with van der Waals surface area (Å²) in [6, 6.07) is 14.2. The van der Waals surface area contributed by atoms with Crippen LogP contribution >= 0.6 is 0 Å². The molecule has 0 spiro atoms. The first-order valence-electron chi connectivity index (χ1n) is 8.05. The molecule has 0 saturated heterocycles. The molecule has 0 aliphatic rings. The summed E-state index contributed by atoms with van der Waals surface area (Å²) >= 11 is 0. The molecule has 2 N–H and O–H groups in total. The Bertz CT molecular complexity index is 755. The lowest BCUT2D eigenvalue weighted by Crippen LogP contribution is -2.24. The van der Waals surface area contributed by atoms with E-state index in [9.17, 15) is 9.59 Å². The first kappa shape index (κ1) is 19.0. The molecule has 0 aromatic heterocycles. The van der Waals surface area contributed by atoms with Crippen LogP contribution in [0, 0.1) is 0 Å². The number of aliphatic carboxylic acids is 1. The molecule has 0 fully saturated rings. The van der Waals surface area contributed by atoms with E-state index < -0.39 is 12.6 Å². The number of hydrazone groups is 1. The highest BCUT2D eigenvalue weighted by atomic mass is 16.5. The Morgan fingerprint density at radius 2 is 1.58 bits per heavy atom. The zero-order chi connectivity index (χ0) is 18.8. The number of amides is 1. The summed E-state index contributed by atoms with van der Waals surface area (Å²) in [7, 11) is 0. The molecule has 0 unspecified atom stereocenters. The van der Waals surface area contributed by atoms with Gasteiger partial charge >= 0.3 is 5.97 Å². The second-order valence-electron chi connectivity index (χ2n) is 5.33. The molecule has 1 amide bonds. The van der Waals surface area contributed by atoms with Gasteiger partial charge in [0.1, 0.15) is 11.5 Å². The van der Waals surface area contributed by atoms with Crippen molar-refractivity contribution in [3.05, 3.63) is 59.7 Å². The third-order valence-corrected chi connectivity index (χ3v) is 3.35. The first-order valence-corrected chi connectivity index (χ1v) is 8.05. The zero-order valence-corrected chi connectivity index (χ0v) is 14.3. The number of nitrogens with zero attached hydrogens (tertiary/aromatic N) is 1. The number of carbonyl (C=O) groups excluding carboxylic acids is 1. The van der Waals surface area contributed by atoms with Crippen molar-refractivity contribution in [2.24, 2.45) is 5.10 Å². The average molecular weight is 356 g/mol. The molecule has 0 aliphatic carbocycles. The van der Waals surface area contributed by atoms with E-state index >= 15 is 0 Å². The number of hydrogen-bond acceptors (Lipinski definition) is 5. The molecule has 7 heteroatoms. The summed E-state index contributed by atoms with van der Waals surface area (Å²) < 4.78 is 10.4. The summed E-state index contributed by atoms with van der Waals surface area (Å²) in [4.78, 5) is 22.1. The van der Waals surface area contributed by atoms with Gasteiger partial charge in [0.05, 0.1) is 6.21 Å². The van der Waals surface area contributed by atoms with E-state index in [1.54, 1.807) is 24.3 Å². The minimum atomic E-state index is -1.04. The van der Waals surface area contributed by atoms with Crippen LogP contribution in [0.1, 0.15) is 18.1 Å². The molecule has 0 bridgehead atoms. The molecule has 0 heterocycles. The first-order chi connectivity index (χ1) is 12.6. The van der Waals surface area contributed by atoms with Gasteiger partial charge in [-0.3, -0.25) is 4.79 Å². The van der Waals surface area contributed by atoms with Crippen LogP contribution in [0.4, 0.5) is 0 Å². The lowest BCUT2D eigenvalue weighted by molar-refractivity contribution is -0.139. The quantitative estimate of drug-likeness (QED) is 0.530. The van der Waals surface area contributed by atoms with Gasteiger partial charge in [-0.15, -0.1) is 0 Å². The molecular weight excluding hydrogens is 336 g/mol. The Morgan fingerprint density at radius 1 is 1.00 bits per heavy atom. The van der Waals surface area contributed by atoms with Crippen molar-refractivity contribution in [3.8, 4) is 11.5 Å². The Labute approximate surface area is 151 Å². The van der Waals surface area contributed by atoms with Gasteiger partial charge in [-0.2, -0.15) is 5.10 Å². The summed E-state index contributed by atoms with van der Waals surface area (Å²) in [5.74, 6) is -0.349. The number of benzene rings is 2. The van der Waals surface area contributed by atoms with Gasteiger partial charge in [-0.1, -0.05) is 19.1 Å². The second kappa shape index (κ2) is 9.83. The molecule has 0 aliphatic heterocycles. The topological polar surface area (TPSA) is 97.2 Å². The van der Waals surface area contributed by atoms with E-state index in [0.717, 1.165) is 12.0 Å². The van der Waals surface area contributed by atoms with Crippen molar-refractivity contribution >= 4 is 18.1 Å². The largest absolute Gasteiger partial charge is 0.484 e. The van der Waals surface area contributed by atoms with Gasteiger partial charge in [0, 0.05) is 0 Å². The lowest BCUT2D eigenvalue weighted by atomic mass is 10.2. The minimum Gasteiger partial charge on any atom is -0.484 e. The minimum absolute atomic E-state index is 0.134. The molecule has 26 heavy (non-hydrogen) atoms. The van der Waals surface area contributed by atoms with Crippen LogP contribution in [0.15, 0.2) is 53.6 Å². The highest BCUT2D eigenvalue weighted by Gasteiger charge is 2.02. The van der Waals surface area contributed by atoms with Crippen molar-refractivity contribution in [2.45, 2.75) is 13.3 Å². The maximum Gasteiger partial charge on any atom is 0.341 e. The lowest BCUT2D eigenvalue weighted by Gasteiger charge is -2.05. The molecule has 2 rings (SSSR count).